The van der Waals surface area contributed by atoms with E-state index in [0.29, 0.717) is 38.9 Å². The van der Waals surface area contributed by atoms with Gasteiger partial charge in [0.2, 0.25) is 5.91 Å². The number of nitrogens with one attached hydrogen (secondary N) is 3. The zero-order valence-corrected chi connectivity index (χ0v) is 29.2. The van der Waals surface area contributed by atoms with Crippen molar-refractivity contribution in [2.45, 2.75) is 140 Å². The molecule has 3 N–H and O–H groups in total. The van der Waals surface area contributed by atoms with Crippen LogP contribution in [-0.2, 0) is 19.0 Å². The fourth-order valence-corrected chi connectivity index (χ4v) is 10.4. The van der Waals surface area contributed by atoms with Gasteiger partial charge in [-0.15, -0.1) is 0 Å². The molecule has 11 nitrogen and oxygen atoms in total. The number of piperidine rings is 2. The van der Waals surface area contributed by atoms with Crippen LogP contribution in [0.5, 0.6) is 0 Å². The second-order valence-corrected chi connectivity index (χ2v) is 16.1. The van der Waals surface area contributed by atoms with Crippen molar-refractivity contribution in [2.75, 3.05) is 32.8 Å². The van der Waals surface area contributed by atoms with E-state index < -0.39 is 54.6 Å². The lowest BCUT2D eigenvalue weighted by Crippen LogP contribution is -2.80. The van der Waals surface area contributed by atoms with E-state index in [1.807, 2.05) is 25.7 Å². The predicted molar refractivity (Wildman–Crippen MR) is 175 cm³/mol. The molecule has 270 valence electrons. The molecular weight excluding hydrogens is 622 g/mol. The van der Waals surface area contributed by atoms with E-state index >= 15 is 8.78 Å². The molecule has 1 saturated carbocycles. The molecule has 48 heavy (non-hydrogen) atoms. The molecule has 0 aromatic heterocycles. The summed E-state index contributed by atoms with van der Waals surface area (Å²) in [5, 5.41) is 10.7. The first-order valence-corrected chi connectivity index (χ1v) is 18.4. The molecule has 13 unspecified atom stereocenters. The highest BCUT2D eigenvalue weighted by molar-refractivity contribution is 5.87. The Hall–Kier alpha value is -1.90. The molecule has 0 aromatic carbocycles. The average molecular weight is 679 g/mol. The number of rotatable bonds is 3. The number of nitrogens with zero attached hydrogens (tertiary/aromatic N) is 3. The van der Waals surface area contributed by atoms with Crippen LogP contribution < -0.4 is 16.0 Å². The van der Waals surface area contributed by atoms with Crippen LogP contribution >= 0.6 is 0 Å². The van der Waals surface area contributed by atoms with Crippen molar-refractivity contribution in [3.05, 3.63) is 12.7 Å². The summed E-state index contributed by atoms with van der Waals surface area (Å²) in [4.78, 5) is 33.1. The molecule has 0 spiro atoms. The van der Waals surface area contributed by atoms with Crippen LogP contribution in [0.2, 0.25) is 0 Å². The SMILES string of the molecule is C=CC(=O)N1CCN(C2NC(=O)N3C4NC(C(F)CC42)C2C(F)CCCC2OCC2OC(C)(C)OC2C2CCNC(C(C)C)C23)[C@@H](C)C1. The fourth-order valence-electron chi connectivity index (χ4n) is 10.4. The maximum atomic E-state index is 16.8. The molecule has 7 aliphatic rings. The van der Waals surface area contributed by atoms with E-state index in [4.69, 9.17) is 14.2 Å². The van der Waals surface area contributed by atoms with Gasteiger partial charge in [0.25, 0.3) is 0 Å². The van der Waals surface area contributed by atoms with Crippen molar-refractivity contribution in [2.24, 2.45) is 23.7 Å². The first-order valence-electron chi connectivity index (χ1n) is 18.4. The Bertz CT molecular complexity index is 1230. The molecular formula is C35H56F2N6O5. The number of fused-ring (bicyclic) bond motifs is 7. The minimum Gasteiger partial charge on any atom is -0.375 e. The summed E-state index contributed by atoms with van der Waals surface area (Å²) in [5.41, 5.74) is 0. The Morgan fingerprint density at radius 3 is 2.58 bits per heavy atom. The number of piperazine rings is 1. The van der Waals surface area contributed by atoms with Crippen LogP contribution in [-0.4, -0.2) is 132 Å². The van der Waals surface area contributed by atoms with Crippen molar-refractivity contribution in [3.8, 4) is 0 Å². The van der Waals surface area contributed by atoms with Gasteiger partial charge in [-0.3, -0.25) is 15.0 Å². The maximum absolute atomic E-state index is 16.8. The lowest BCUT2D eigenvalue weighted by molar-refractivity contribution is -0.160. The molecule has 7 fully saturated rings. The van der Waals surface area contributed by atoms with Crippen LogP contribution in [0.3, 0.4) is 0 Å². The highest BCUT2D eigenvalue weighted by Crippen LogP contribution is 2.46. The molecule has 6 aliphatic heterocycles. The minimum absolute atomic E-state index is 0.0596. The summed E-state index contributed by atoms with van der Waals surface area (Å²) in [7, 11) is 0. The first kappa shape index (κ1) is 34.5. The molecule has 0 radical (unpaired) electrons. The van der Waals surface area contributed by atoms with Crippen molar-refractivity contribution in [1.29, 1.82) is 0 Å². The maximum Gasteiger partial charge on any atom is 0.320 e. The van der Waals surface area contributed by atoms with Gasteiger partial charge in [0, 0.05) is 55.5 Å². The van der Waals surface area contributed by atoms with Gasteiger partial charge in [-0.1, -0.05) is 20.4 Å². The topological polar surface area (TPSA) is 108 Å². The lowest BCUT2D eigenvalue weighted by atomic mass is 9.71. The molecule has 6 saturated heterocycles. The van der Waals surface area contributed by atoms with Gasteiger partial charge in [0.15, 0.2) is 5.79 Å². The second-order valence-electron chi connectivity index (χ2n) is 16.1. The number of amides is 3. The smallest absolute Gasteiger partial charge is 0.320 e. The summed E-state index contributed by atoms with van der Waals surface area (Å²) < 4.78 is 52.6. The van der Waals surface area contributed by atoms with Crippen molar-refractivity contribution in [3.63, 3.8) is 0 Å². The third-order valence-electron chi connectivity index (χ3n) is 12.4. The minimum atomic E-state index is -1.33. The summed E-state index contributed by atoms with van der Waals surface area (Å²) in [5.74, 6) is -1.89. The van der Waals surface area contributed by atoms with Gasteiger partial charge < -0.3 is 34.6 Å². The van der Waals surface area contributed by atoms with E-state index in [9.17, 15) is 9.59 Å². The summed E-state index contributed by atoms with van der Waals surface area (Å²) in [6.07, 6.45) is -0.822. The van der Waals surface area contributed by atoms with Gasteiger partial charge >= 0.3 is 6.03 Å². The average Bonchev–Trinajstić information content (AvgIpc) is 3.36. The van der Waals surface area contributed by atoms with Gasteiger partial charge in [-0.25, -0.2) is 13.6 Å². The van der Waals surface area contributed by atoms with Gasteiger partial charge in [0.05, 0.1) is 37.2 Å². The quantitative estimate of drug-likeness (QED) is 0.392. The molecule has 1 aliphatic carbocycles. The third kappa shape index (κ3) is 6.08. The summed E-state index contributed by atoms with van der Waals surface area (Å²) in [6, 6.07) is -1.46. The van der Waals surface area contributed by atoms with Gasteiger partial charge in [0.1, 0.15) is 18.4 Å². The molecule has 0 aromatic rings. The highest BCUT2D eigenvalue weighted by Gasteiger charge is 2.60. The molecule has 14 atom stereocenters. The standard InChI is InChI=1S/C35H56F2N6O5/c1-7-26(44)41-13-14-42(19(4)16-41)32-21-15-23(37)29-27-22(36)9-8-10-24(27)46-17-25-31(48-35(5,6)47-25)20-11-12-38-28(18(2)3)30(20)43(33(21)39-29)34(45)40-32/h7,18-25,27-33,38-39H,1,8-17H2,2-6H3,(H,40,45)/t19-,20?,21?,22?,23?,24?,25?,27?,28?,29?,30?,31?,32?,33?/m0/s1. The molecule has 6 heterocycles. The Morgan fingerprint density at radius 1 is 1.06 bits per heavy atom. The van der Waals surface area contributed by atoms with Gasteiger partial charge in [-0.2, -0.15) is 0 Å². The van der Waals surface area contributed by atoms with Crippen LogP contribution in [0.15, 0.2) is 12.7 Å². The fraction of sp³-hybridized carbons (Fsp3) is 0.886. The van der Waals surface area contributed by atoms with Crippen LogP contribution in [0.25, 0.3) is 0 Å². The zero-order chi connectivity index (χ0) is 34.1. The first-order chi connectivity index (χ1) is 22.9. The second kappa shape index (κ2) is 13.3. The normalized spacial score (nSPS) is 46.4. The van der Waals surface area contributed by atoms with Crippen LogP contribution in [0, 0.1) is 23.7 Å². The third-order valence-corrected chi connectivity index (χ3v) is 12.4. The largest absolute Gasteiger partial charge is 0.375 e. The van der Waals surface area contributed by atoms with E-state index in [2.05, 4.69) is 41.3 Å². The Balaban J connectivity index is 1.31. The molecule has 13 heteroatoms. The highest BCUT2D eigenvalue weighted by atomic mass is 19.1. The summed E-state index contributed by atoms with van der Waals surface area (Å²) >= 11 is 0. The van der Waals surface area contributed by atoms with Gasteiger partial charge in [-0.05, 0) is 71.4 Å². The van der Waals surface area contributed by atoms with E-state index in [1.165, 1.54) is 6.08 Å². The monoisotopic (exact) mass is 678 g/mol. The van der Waals surface area contributed by atoms with Crippen molar-refractivity contribution < 1.29 is 32.6 Å². The Morgan fingerprint density at radius 2 is 1.85 bits per heavy atom. The Kier molecular flexibility index (Phi) is 9.60. The number of carbonyl (C=O) groups is 2. The number of hydrogen-bond acceptors (Lipinski definition) is 8. The number of hydrogen-bond donors (Lipinski definition) is 3. The van der Waals surface area contributed by atoms with E-state index in [-0.39, 0.29) is 66.9 Å². The number of alkyl halides is 2. The van der Waals surface area contributed by atoms with E-state index in [1.54, 1.807) is 4.90 Å². The number of ether oxygens (including phenoxy) is 3. The van der Waals surface area contributed by atoms with Crippen LogP contribution in [0.1, 0.15) is 66.7 Å². The number of urea groups is 1. The van der Waals surface area contributed by atoms with Crippen molar-refractivity contribution >= 4 is 11.9 Å². The molecule has 2 bridgehead atoms. The number of halogens is 2. The molecule has 7 rings (SSSR count). The Labute approximate surface area is 283 Å². The van der Waals surface area contributed by atoms with Crippen LogP contribution in [0.4, 0.5) is 13.6 Å². The molecule has 3 amide bonds. The van der Waals surface area contributed by atoms with E-state index in [0.717, 1.165) is 13.0 Å². The van der Waals surface area contributed by atoms with Crippen molar-refractivity contribution in [1.82, 2.24) is 30.7 Å². The number of carbonyl (C=O) groups excluding carboxylic acids is 2. The zero-order valence-electron chi connectivity index (χ0n) is 29.2. The predicted octanol–water partition coefficient (Wildman–Crippen LogP) is 2.76. The summed E-state index contributed by atoms with van der Waals surface area (Å²) in [6.45, 7) is 16.3. The lowest BCUT2D eigenvalue weighted by Gasteiger charge is -2.60.